The van der Waals surface area contributed by atoms with Crippen LogP contribution in [0.1, 0.15) is 11.1 Å². The summed E-state index contributed by atoms with van der Waals surface area (Å²) in [6.45, 7) is 0. The van der Waals surface area contributed by atoms with E-state index in [1.165, 1.54) is 0 Å². The van der Waals surface area contributed by atoms with E-state index in [0.717, 1.165) is 5.56 Å². The minimum absolute atomic E-state index is 0.108. The zero-order chi connectivity index (χ0) is 17.0. The number of alkyl halides is 3. The van der Waals surface area contributed by atoms with Gasteiger partial charge in [-0.3, -0.25) is 0 Å². The van der Waals surface area contributed by atoms with Crippen LogP contribution in [0.3, 0.4) is 0 Å². The largest absolute Gasteiger partial charge is 0.480 e. The molecule has 1 aromatic heterocycles. The van der Waals surface area contributed by atoms with Gasteiger partial charge in [-0.1, -0.05) is 41.9 Å². The Hall–Kier alpha value is -2.28. The third-order valence-corrected chi connectivity index (χ3v) is 3.35. The summed E-state index contributed by atoms with van der Waals surface area (Å²) in [6.07, 6.45) is -3.82. The Bertz CT molecular complexity index is 693. The average Bonchev–Trinajstić information content (AvgIpc) is 2.48. The summed E-state index contributed by atoms with van der Waals surface area (Å²) in [5.74, 6) is -1.27. The lowest BCUT2D eigenvalue weighted by Crippen LogP contribution is -2.32. The number of pyridine rings is 1. The predicted octanol–water partition coefficient (Wildman–Crippen LogP) is 3.86. The number of halogens is 4. The second-order valence-corrected chi connectivity index (χ2v) is 5.18. The molecule has 8 heteroatoms. The first kappa shape index (κ1) is 17.1. The second kappa shape index (κ2) is 6.87. The van der Waals surface area contributed by atoms with E-state index in [-0.39, 0.29) is 17.3 Å². The zero-order valence-corrected chi connectivity index (χ0v) is 12.4. The van der Waals surface area contributed by atoms with Crippen LogP contribution in [0.2, 0.25) is 5.02 Å². The van der Waals surface area contributed by atoms with Gasteiger partial charge >= 0.3 is 12.1 Å². The first-order valence-electron chi connectivity index (χ1n) is 6.53. The summed E-state index contributed by atoms with van der Waals surface area (Å²) >= 11 is 5.77. The molecule has 2 rings (SSSR count). The Labute approximate surface area is 134 Å². The lowest BCUT2D eigenvalue weighted by molar-refractivity contribution is -0.138. The van der Waals surface area contributed by atoms with Gasteiger partial charge in [0.2, 0.25) is 0 Å². The molecule has 0 aliphatic rings. The normalized spacial score (nSPS) is 12.7. The fourth-order valence-corrected chi connectivity index (χ4v) is 2.13. The number of carbonyl (C=O) groups is 1. The van der Waals surface area contributed by atoms with Crippen LogP contribution >= 0.6 is 11.6 Å². The number of nitrogens with zero attached hydrogens (tertiary/aromatic N) is 1. The Kier molecular flexibility index (Phi) is 5.10. The van der Waals surface area contributed by atoms with E-state index in [1.807, 2.05) is 0 Å². The molecule has 23 heavy (non-hydrogen) atoms. The second-order valence-electron chi connectivity index (χ2n) is 4.78. The minimum Gasteiger partial charge on any atom is -0.480 e. The summed E-state index contributed by atoms with van der Waals surface area (Å²) in [5.41, 5.74) is -0.238. The molecule has 0 amide bonds. The van der Waals surface area contributed by atoms with Crippen LogP contribution in [-0.2, 0) is 17.4 Å². The maximum Gasteiger partial charge on any atom is 0.417 e. The third kappa shape index (κ3) is 4.59. The number of hydrogen-bond acceptors (Lipinski definition) is 3. The Morgan fingerprint density at radius 1 is 1.30 bits per heavy atom. The number of anilines is 1. The van der Waals surface area contributed by atoms with Crippen molar-refractivity contribution in [3.05, 3.63) is 58.7 Å². The molecule has 1 atom stereocenters. The Morgan fingerprint density at radius 3 is 2.48 bits per heavy atom. The molecule has 0 aliphatic carbocycles. The lowest BCUT2D eigenvalue weighted by atomic mass is 10.1. The first-order valence-corrected chi connectivity index (χ1v) is 6.91. The standard InChI is InChI=1S/C15H12ClF3N2O2/c16-11-7-10(15(17,18)19)8-20-13(11)21-12(14(22)23)6-9-4-2-1-3-5-9/h1-5,7-8,12H,6H2,(H,20,21)(H,22,23). The fraction of sp³-hybridized carbons (Fsp3) is 0.200. The molecule has 2 aromatic rings. The topological polar surface area (TPSA) is 62.2 Å². The Morgan fingerprint density at radius 2 is 1.96 bits per heavy atom. The molecule has 0 saturated carbocycles. The van der Waals surface area contributed by atoms with E-state index in [0.29, 0.717) is 12.3 Å². The highest BCUT2D eigenvalue weighted by Crippen LogP contribution is 2.32. The molecule has 1 unspecified atom stereocenters. The highest BCUT2D eigenvalue weighted by molar-refractivity contribution is 6.33. The summed E-state index contributed by atoms with van der Waals surface area (Å²) in [6, 6.07) is 8.45. The van der Waals surface area contributed by atoms with Gasteiger partial charge in [0.05, 0.1) is 10.6 Å². The minimum atomic E-state index is -4.56. The van der Waals surface area contributed by atoms with Crippen LogP contribution in [0.5, 0.6) is 0 Å². The van der Waals surface area contributed by atoms with E-state index in [1.54, 1.807) is 30.3 Å². The maximum atomic E-state index is 12.6. The monoisotopic (exact) mass is 344 g/mol. The SMILES string of the molecule is O=C(O)C(Cc1ccccc1)Nc1ncc(C(F)(F)F)cc1Cl. The number of benzene rings is 1. The lowest BCUT2D eigenvalue weighted by Gasteiger charge is -2.17. The smallest absolute Gasteiger partial charge is 0.417 e. The predicted molar refractivity (Wildman–Crippen MR) is 79.4 cm³/mol. The van der Waals surface area contributed by atoms with E-state index < -0.39 is 23.8 Å². The molecule has 1 heterocycles. The molecule has 0 spiro atoms. The van der Waals surface area contributed by atoms with Crippen LogP contribution in [-0.4, -0.2) is 22.1 Å². The van der Waals surface area contributed by atoms with Gasteiger partial charge in [-0.25, -0.2) is 9.78 Å². The summed E-state index contributed by atoms with van der Waals surface area (Å²) in [5, 5.41) is 11.5. The molecule has 0 saturated heterocycles. The highest BCUT2D eigenvalue weighted by Gasteiger charge is 2.32. The number of rotatable bonds is 5. The Balaban J connectivity index is 2.19. The van der Waals surface area contributed by atoms with Crippen molar-refractivity contribution in [3.8, 4) is 0 Å². The summed E-state index contributed by atoms with van der Waals surface area (Å²) < 4.78 is 37.7. The van der Waals surface area contributed by atoms with Gasteiger partial charge in [-0.05, 0) is 11.6 Å². The number of hydrogen-bond donors (Lipinski definition) is 2. The van der Waals surface area contributed by atoms with Crippen LogP contribution in [0, 0.1) is 0 Å². The molecule has 0 fully saturated rings. The molecule has 1 aromatic carbocycles. The van der Waals surface area contributed by atoms with Crippen molar-refractivity contribution in [1.82, 2.24) is 4.98 Å². The number of nitrogens with one attached hydrogen (secondary N) is 1. The fourth-order valence-electron chi connectivity index (χ4n) is 1.91. The molecular formula is C15H12ClF3N2O2. The maximum absolute atomic E-state index is 12.6. The zero-order valence-electron chi connectivity index (χ0n) is 11.6. The van der Waals surface area contributed by atoms with Gasteiger partial charge in [0, 0.05) is 12.6 Å². The number of carboxylic acids is 1. The van der Waals surface area contributed by atoms with Gasteiger partial charge < -0.3 is 10.4 Å². The van der Waals surface area contributed by atoms with Gasteiger partial charge in [-0.15, -0.1) is 0 Å². The van der Waals surface area contributed by atoms with E-state index >= 15 is 0 Å². The average molecular weight is 345 g/mol. The van der Waals surface area contributed by atoms with Crippen molar-refractivity contribution in [1.29, 1.82) is 0 Å². The number of aromatic nitrogens is 1. The van der Waals surface area contributed by atoms with E-state index in [9.17, 15) is 23.1 Å². The van der Waals surface area contributed by atoms with Crippen LogP contribution in [0.15, 0.2) is 42.6 Å². The van der Waals surface area contributed by atoms with Crippen LogP contribution < -0.4 is 5.32 Å². The van der Waals surface area contributed by atoms with Gasteiger partial charge in [0.1, 0.15) is 11.9 Å². The highest BCUT2D eigenvalue weighted by atomic mass is 35.5. The molecule has 122 valence electrons. The van der Waals surface area contributed by atoms with Crippen molar-refractivity contribution >= 4 is 23.4 Å². The van der Waals surface area contributed by atoms with Gasteiger partial charge in [-0.2, -0.15) is 13.2 Å². The van der Waals surface area contributed by atoms with Crippen LogP contribution in [0.4, 0.5) is 19.0 Å². The van der Waals surface area contributed by atoms with Crippen LogP contribution in [0.25, 0.3) is 0 Å². The summed E-state index contributed by atoms with van der Waals surface area (Å²) in [4.78, 5) is 14.9. The molecule has 0 aliphatic heterocycles. The van der Waals surface area contributed by atoms with Gasteiger partial charge in [0.25, 0.3) is 0 Å². The van der Waals surface area contributed by atoms with Crippen molar-refractivity contribution < 1.29 is 23.1 Å². The molecule has 4 nitrogen and oxygen atoms in total. The van der Waals surface area contributed by atoms with E-state index in [4.69, 9.17) is 11.6 Å². The van der Waals surface area contributed by atoms with Crippen molar-refractivity contribution in [2.24, 2.45) is 0 Å². The van der Waals surface area contributed by atoms with Crippen molar-refractivity contribution in [2.45, 2.75) is 18.6 Å². The molecule has 2 N–H and O–H groups in total. The quantitative estimate of drug-likeness (QED) is 0.864. The summed E-state index contributed by atoms with van der Waals surface area (Å²) in [7, 11) is 0. The molecule has 0 radical (unpaired) electrons. The van der Waals surface area contributed by atoms with Crippen molar-refractivity contribution in [2.75, 3.05) is 5.32 Å². The molecule has 0 bridgehead atoms. The number of aliphatic carboxylic acids is 1. The first-order chi connectivity index (χ1) is 10.8. The van der Waals surface area contributed by atoms with E-state index in [2.05, 4.69) is 10.3 Å². The van der Waals surface area contributed by atoms with Gasteiger partial charge in [0.15, 0.2) is 0 Å². The van der Waals surface area contributed by atoms with Crippen molar-refractivity contribution in [3.63, 3.8) is 0 Å². The molecular weight excluding hydrogens is 333 g/mol. The third-order valence-electron chi connectivity index (χ3n) is 3.06. The number of carboxylic acid groups (broad SMARTS) is 1.